The highest BCUT2D eigenvalue weighted by Crippen LogP contribution is 2.26. The average molecular weight is 489 g/mol. The van der Waals surface area contributed by atoms with Crippen molar-refractivity contribution in [2.45, 2.75) is 66.1 Å². The van der Waals surface area contributed by atoms with Crippen molar-refractivity contribution < 1.29 is 14.3 Å². The maximum atomic E-state index is 13.2. The summed E-state index contributed by atoms with van der Waals surface area (Å²) in [6.45, 7) is 10.1. The molecule has 0 aliphatic rings. The molecule has 168 valence electrons. The van der Waals surface area contributed by atoms with E-state index in [1.807, 2.05) is 77.1 Å². The Morgan fingerprint density at radius 2 is 1.68 bits per heavy atom. The normalized spacial score (nSPS) is 12.7. The number of aryl methyl sites for hydroxylation is 2. The van der Waals surface area contributed by atoms with Crippen molar-refractivity contribution in [3.8, 4) is 5.75 Å². The van der Waals surface area contributed by atoms with Gasteiger partial charge in [0.15, 0.2) is 6.61 Å². The number of amides is 2. The van der Waals surface area contributed by atoms with Crippen LogP contribution in [0.2, 0.25) is 0 Å². The molecular formula is C25H33BrN2O3. The zero-order chi connectivity index (χ0) is 23.0. The van der Waals surface area contributed by atoms with Crippen molar-refractivity contribution >= 4 is 27.7 Å². The highest BCUT2D eigenvalue weighted by molar-refractivity contribution is 9.10. The molecule has 0 saturated heterocycles. The minimum absolute atomic E-state index is 0.0557. The highest BCUT2D eigenvalue weighted by Gasteiger charge is 2.29. The first-order chi connectivity index (χ1) is 14.8. The molecule has 0 aliphatic heterocycles. The van der Waals surface area contributed by atoms with Gasteiger partial charge >= 0.3 is 0 Å². The molecule has 2 rings (SSSR count). The van der Waals surface area contributed by atoms with Crippen LogP contribution in [0.3, 0.4) is 0 Å². The average Bonchev–Trinajstić information content (AvgIpc) is 2.76. The van der Waals surface area contributed by atoms with Crippen LogP contribution in [0.4, 0.5) is 0 Å². The van der Waals surface area contributed by atoms with E-state index in [2.05, 4.69) is 21.2 Å². The van der Waals surface area contributed by atoms with Gasteiger partial charge in [0.05, 0.1) is 0 Å². The van der Waals surface area contributed by atoms with Crippen molar-refractivity contribution in [2.24, 2.45) is 0 Å². The minimum atomic E-state index is -0.557. The number of benzene rings is 2. The maximum absolute atomic E-state index is 13.2. The summed E-state index contributed by atoms with van der Waals surface area (Å²) in [4.78, 5) is 27.8. The summed E-state index contributed by atoms with van der Waals surface area (Å²) < 4.78 is 6.87. The molecule has 0 aromatic heterocycles. The Morgan fingerprint density at radius 1 is 1.06 bits per heavy atom. The quantitative estimate of drug-likeness (QED) is 0.501. The third-order valence-corrected chi connectivity index (χ3v) is 6.61. The minimum Gasteiger partial charge on any atom is -0.484 e. The van der Waals surface area contributed by atoms with Gasteiger partial charge in [-0.3, -0.25) is 9.59 Å². The molecular weight excluding hydrogens is 456 g/mol. The van der Waals surface area contributed by atoms with Crippen LogP contribution in [0.5, 0.6) is 5.75 Å². The van der Waals surface area contributed by atoms with E-state index in [4.69, 9.17) is 4.74 Å². The summed E-state index contributed by atoms with van der Waals surface area (Å²) in [5, 5.41) is 3.02. The van der Waals surface area contributed by atoms with Gasteiger partial charge < -0.3 is 15.0 Å². The molecule has 2 aromatic rings. The van der Waals surface area contributed by atoms with Crippen LogP contribution in [0.25, 0.3) is 0 Å². The number of nitrogens with zero attached hydrogens (tertiary/aromatic N) is 1. The van der Waals surface area contributed by atoms with Crippen molar-refractivity contribution in [1.82, 2.24) is 10.2 Å². The third-order valence-electron chi connectivity index (χ3n) is 5.35. The van der Waals surface area contributed by atoms with Gasteiger partial charge in [-0.05, 0) is 62.4 Å². The van der Waals surface area contributed by atoms with E-state index in [9.17, 15) is 9.59 Å². The second-order valence-corrected chi connectivity index (χ2v) is 8.70. The number of rotatable bonds is 10. The molecule has 0 spiro atoms. The van der Waals surface area contributed by atoms with Crippen LogP contribution in [-0.2, 0) is 16.1 Å². The number of halogens is 1. The molecule has 0 heterocycles. The van der Waals surface area contributed by atoms with Gasteiger partial charge in [-0.15, -0.1) is 0 Å². The summed E-state index contributed by atoms with van der Waals surface area (Å²) in [5.41, 5.74) is 3.06. The van der Waals surface area contributed by atoms with Crippen molar-refractivity contribution in [3.63, 3.8) is 0 Å². The fourth-order valence-electron chi connectivity index (χ4n) is 3.36. The van der Waals surface area contributed by atoms with E-state index < -0.39 is 6.04 Å². The molecule has 2 amide bonds. The molecule has 0 saturated carbocycles. The number of nitrogens with one attached hydrogen (secondary N) is 1. The molecule has 5 nitrogen and oxygen atoms in total. The summed E-state index contributed by atoms with van der Waals surface area (Å²) in [6, 6.07) is 13.0. The third kappa shape index (κ3) is 7.10. The number of carbonyl (C=O) groups is 2. The van der Waals surface area contributed by atoms with Crippen molar-refractivity contribution in [2.75, 3.05) is 6.61 Å². The Balaban J connectivity index is 2.21. The molecule has 2 unspecified atom stereocenters. The first-order valence-electron chi connectivity index (χ1n) is 10.8. The lowest BCUT2D eigenvalue weighted by Gasteiger charge is -2.31. The molecule has 0 bridgehead atoms. The van der Waals surface area contributed by atoms with E-state index in [1.54, 1.807) is 4.90 Å². The number of carbonyl (C=O) groups excluding carboxylic acids is 2. The highest BCUT2D eigenvalue weighted by atomic mass is 79.9. The standard InChI is InChI=1S/C25H33BrN2O3/c1-6-19(5)27-25(30)22(7-2)28(15-20-11-9-8-10-12-20)23(29)16-31-21-13-17(3)24(26)18(4)14-21/h8-14,19,22H,6-7,15-16H2,1-5H3,(H,27,30). The van der Waals surface area contributed by atoms with E-state index in [1.165, 1.54) is 0 Å². The fourth-order valence-corrected chi connectivity index (χ4v) is 3.59. The van der Waals surface area contributed by atoms with Crippen LogP contribution < -0.4 is 10.1 Å². The fraction of sp³-hybridized carbons (Fsp3) is 0.440. The smallest absolute Gasteiger partial charge is 0.261 e. The van der Waals surface area contributed by atoms with Gasteiger partial charge in [-0.25, -0.2) is 0 Å². The van der Waals surface area contributed by atoms with Crippen molar-refractivity contribution in [1.29, 1.82) is 0 Å². The number of hydrogen-bond donors (Lipinski definition) is 1. The molecule has 0 aliphatic carbocycles. The van der Waals surface area contributed by atoms with Crippen LogP contribution >= 0.6 is 15.9 Å². The molecule has 6 heteroatoms. The van der Waals surface area contributed by atoms with Crippen molar-refractivity contribution in [3.05, 3.63) is 63.6 Å². The molecule has 0 radical (unpaired) electrons. The second kappa shape index (κ2) is 11.9. The van der Waals surface area contributed by atoms with Crippen LogP contribution in [-0.4, -0.2) is 35.4 Å². The predicted octanol–water partition coefficient (Wildman–Crippen LogP) is 5.17. The SMILES string of the molecule is CCC(C)NC(=O)C(CC)N(Cc1ccccc1)C(=O)COc1cc(C)c(Br)c(C)c1. The van der Waals surface area contributed by atoms with Gasteiger partial charge in [0.1, 0.15) is 11.8 Å². The van der Waals surface area contributed by atoms with Crippen LogP contribution in [0.15, 0.2) is 46.9 Å². The molecule has 0 fully saturated rings. The van der Waals surface area contributed by atoms with E-state index in [0.29, 0.717) is 18.7 Å². The number of ether oxygens (including phenoxy) is 1. The molecule has 2 aromatic carbocycles. The Labute approximate surface area is 194 Å². The molecule has 1 N–H and O–H groups in total. The summed E-state index contributed by atoms with van der Waals surface area (Å²) in [7, 11) is 0. The topological polar surface area (TPSA) is 58.6 Å². The van der Waals surface area contributed by atoms with Gasteiger partial charge in [0, 0.05) is 17.1 Å². The van der Waals surface area contributed by atoms with Gasteiger partial charge in [-0.1, -0.05) is 60.1 Å². The van der Waals surface area contributed by atoms with E-state index in [-0.39, 0.29) is 24.5 Å². The molecule has 31 heavy (non-hydrogen) atoms. The Hall–Kier alpha value is -2.34. The summed E-state index contributed by atoms with van der Waals surface area (Å²) in [5.74, 6) is 0.299. The van der Waals surface area contributed by atoms with Crippen LogP contribution in [0, 0.1) is 13.8 Å². The largest absolute Gasteiger partial charge is 0.484 e. The lowest BCUT2D eigenvalue weighted by molar-refractivity contribution is -0.143. The lowest BCUT2D eigenvalue weighted by Crippen LogP contribution is -2.51. The Kier molecular flexibility index (Phi) is 9.56. The second-order valence-electron chi connectivity index (χ2n) is 7.91. The zero-order valence-electron chi connectivity index (χ0n) is 19.1. The first-order valence-corrected chi connectivity index (χ1v) is 11.6. The molecule has 2 atom stereocenters. The Morgan fingerprint density at radius 3 is 2.23 bits per heavy atom. The zero-order valence-corrected chi connectivity index (χ0v) is 20.7. The summed E-state index contributed by atoms with van der Waals surface area (Å²) >= 11 is 3.55. The van der Waals surface area contributed by atoms with Gasteiger partial charge in [0.2, 0.25) is 5.91 Å². The predicted molar refractivity (Wildman–Crippen MR) is 128 cm³/mol. The first kappa shape index (κ1) is 24.9. The monoisotopic (exact) mass is 488 g/mol. The lowest BCUT2D eigenvalue weighted by atomic mass is 10.1. The summed E-state index contributed by atoms with van der Waals surface area (Å²) in [6.07, 6.45) is 1.36. The van der Waals surface area contributed by atoms with Gasteiger partial charge in [0.25, 0.3) is 5.91 Å². The number of hydrogen-bond acceptors (Lipinski definition) is 3. The van der Waals surface area contributed by atoms with E-state index >= 15 is 0 Å². The van der Waals surface area contributed by atoms with Gasteiger partial charge in [-0.2, -0.15) is 0 Å². The maximum Gasteiger partial charge on any atom is 0.261 e. The van der Waals surface area contributed by atoms with E-state index in [0.717, 1.165) is 27.6 Å². The van der Waals surface area contributed by atoms with Crippen LogP contribution in [0.1, 0.15) is 50.3 Å². The Bertz CT molecular complexity index is 863.